The van der Waals surface area contributed by atoms with Crippen molar-refractivity contribution < 1.29 is 9.13 Å². The van der Waals surface area contributed by atoms with Crippen LogP contribution in [0.3, 0.4) is 0 Å². The highest BCUT2D eigenvalue weighted by Gasteiger charge is 2.08. The van der Waals surface area contributed by atoms with E-state index in [-0.39, 0.29) is 11.3 Å². The van der Waals surface area contributed by atoms with Gasteiger partial charge in [-0.2, -0.15) is 5.26 Å². The molecule has 0 N–H and O–H groups in total. The van der Waals surface area contributed by atoms with Gasteiger partial charge in [0.1, 0.15) is 23.2 Å². The maximum Gasteiger partial charge on any atom is 0.144 e. The minimum Gasteiger partial charge on any atom is -0.492 e. The molecule has 4 heteroatoms. The smallest absolute Gasteiger partial charge is 0.144 e. The maximum atomic E-state index is 13.3. The summed E-state index contributed by atoms with van der Waals surface area (Å²) < 4.78 is 18.8. The van der Waals surface area contributed by atoms with Crippen molar-refractivity contribution >= 4 is 11.6 Å². The van der Waals surface area contributed by atoms with E-state index in [1.165, 1.54) is 12.1 Å². The van der Waals surface area contributed by atoms with E-state index >= 15 is 0 Å². The standard InChI is InChI=1S/C15H11ClFNO/c16-12-4-1-3-11(9-12)7-8-19-15-6-2-5-14(17)13(15)10-18/h1-6,9H,7-8H2. The molecule has 0 amide bonds. The van der Waals surface area contributed by atoms with Crippen LogP contribution in [0.4, 0.5) is 4.39 Å². The average molecular weight is 276 g/mol. The zero-order chi connectivity index (χ0) is 13.7. The van der Waals surface area contributed by atoms with E-state index in [4.69, 9.17) is 21.6 Å². The van der Waals surface area contributed by atoms with Gasteiger partial charge in [-0.25, -0.2) is 4.39 Å². The van der Waals surface area contributed by atoms with Crippen LogP contribution in [-0.4, -0.2) is 6.61 Å². The van der Waals surface area contributed by atoms with Gasteiger partial charge in [0.2, 0.25) is 0 Å². The third-order valence-corrected chi connectivity index (χ3v) is 2.86. The van der Waals surface area contributed by atoms with Gasteiger partial charge in [-0.1, -0.05) is 29.8 Å². The summed E-state index contributed by atoms with van der Waals surface area (Å²) in [6, 6.07) is 13.6. The number of hydrogen-bond donors (Lipinski definition) is 0. The lowest BCUT2D eigenvalue weighted by Gasteiger charge is -2.08. The molecule has 0 aromatic heterocycles. The van der Waals surface area contributed by atoms with Gasteiger partial charge < -0.3 is 4.74 Å². The summed E-state index contributed by atoms with van der Waals surface area (Å²) >= 11 is 5.88. The number of halogens is 2. The Bertz CT molecular complexity index is 622. The Morgan fingerprint density at radius 2 is 2.00 bits per heavy atom. The molecule has 2 aromatic carbocycles. The van der Waals surface area contributed by atoms with Crippen molar-refractivity contribution in [2.45, 2.75) is 6.42 Å². The van der Waals surface area contributed by atoms with Crippen LogP contribution < -0.4 is 4.74 Å². The molecule has 0 aliphatic carbocycles. The van der Waals surface area contributed by atoms with Crippen molar-refractivity contribution in [3.63, 3.8) is 0 Å². The van der Waals surface area contributed by atoms with Crippen molar-refractivity contribution in [1.82, 2.24) is 0 Å². The summed E-state index contributed by atoms with van der Waals surface area (Å²) in [7, 11) is 0. The normalized spacial score (nSPS) is 9.95. The second-order valence-corrected chi connectivity index (χ2v) is 4.39. The third kappa shape index (κ3) is 3.46. The van der Waals surface area contributed by atoms with Gasteiger partial charge >= 0.3 is 0 Å². The molecule has 2 aromatic rings. The van der Waals surface area contributed by atoms with Gasteiger partial charge in [0.15, 0.2) is 0 Å². The van der Waals surface area contributed by atoms with Crippen molar-refractivity contribution in [2.75, 3.05) is 6.61 Å². The monoisotopic (exact) mass is 275 g/mol. The minimum absolute atomic E-state index is 0.0615. The number of rotatable bonds is 4. The Labute approximate surface area is 116 Å². The van der Waals surface area contributed by atoms with Crippen LogP contribution in [0.1, 0.15) is 11.1 Å². The fourth-order valence-electron chi connectivity index (χ4n) is 1.70. The molecular weight excluding hydrogens is 265 g/mol. The fraction of sp³-hybridized carbons (Fsp3) is 0.133. The molecule has 0 spiro atoms. The first-order valence-corrected chi connectivity index (χ1v) is 6.14. The summed E-state index contributed by atoms with van der Waals surface area (Å²) in [5.74, 6) is -0.299. The van der Waals surface area contributed by atoms with E-state index in [0.717, 1.165) is 5.56 Å². The molecular formula is C15H11ClFNO. The molecule has 0 fully saturated rings. The maximum absolute atomic E-state index is 13.3. The first-order chi connectivity index (χ1) is 9.20. The Hall–Kier alpha value is -2.05. The van der Waals surface area contributed by atoms with Crippen LogP contribution in [0.5, 0.6) is 5.75 Å². The van der Waals surface area contributed by atoms with Crippen molar-refractivity contribution in [2.24, 2.45) is 0 Å². The number of ether oxygens (including phenoxy) is 1. The summed E-state index contributed by atoms with van der Waals surface area (Å²) in [6.45, 7) is 0.360. The summed E-state index contributed by atoms with van der Waals surface area (Å²) in [6.07, 6.45) is 0.641. The lowest BCUT2D eigenvalue weighted by molar-refractivity contribution is 0.319. The number of benzene rings is 2. The van der Waals surface area contributed by atoms with Crippen LogP contribution in [0.25, 0.3) is 0 Å². The molecule has 2 nitrogen and oxygen atoms in total. The Balaban J connectivity index is 2.00. The first-order valence-electron chi connectivity index (χ1n) is 5.76. The predicted molar refractivity (Wildman–Crippen MR) is 71.8 cm³/mol. The number of nitrogens with zero attached hydrogens (tertiary/aromatic N) is 1. The summed E-state index contributed by atoms with van der Waals surface area (Å²) in [5.41, 5.74) is 0.969. The Morgan fingerprint density at radius 1 is 1.21 bits per heavy atom. The van der Waals surface area contributed by atoms with E-state index in [9.17, 15) is 4.39 Å². The van der Waals surface area contributed by atoms with Crippen LogP contribution in [0.2, 0.25) is 5.02 Å². The van der Waals surface area contributed by atoms with E-state index in [1.54, 1.807) is 18.2 Å². The van der Waals surface area contributed by atoms with Crippen molar-refractivity contribution in [3.8, 4) is 11.8 Å². The largest absolute Gasteiger partial charge is 0.492 e. The van der Waals surface area contributed by atoms with Gasteiger partial charge in [-0.3, -0.25) is 0 Å². The molecule has 0 aliphatic heterocycles. The van der Waals surface area contributed by atoms with Crippen molar-refractivity contribution in [1.29, 1.82) is 5.26 Å². The second-order valence-electron chi connectivity index (χ2n) is 3.95. The minimum atomic E-state index is -0.567. The molecule has 0 atom stereocenters. The summed E-state index contributed by atoms with van der Waals surface area (Å²) in [4.78, 5) is 0. The van der Waals surface area contributed by atoms with E-state index in [2.05, 4.69) is 0 Å². The van der Waals surface area contributed by atoms with Gasteiger partial charge in [0, 0.05) is 11.4 Å². The highest BCUT2D eigenvalue weighted by atomic mass is 35.5. The second kappa shape index (κ2) is 6.21. The van der Waals surface area contributed by atoms with Crippen LogP contribution in [0.15, 0.2) is 42.5 Å². The van der Waals surface area contributed by atoms with Crippen molar-refractivity contribution in [3.05, 3.63) is 64.4 Å². The highest BCUT2D eigenvalue weighted by molar-refractivity contribution is 6.30. The predicted octanol–water partition coefficient (Wildman–Crippen LogP) is 3.97. The molecule has 0 unspecified atom stereocenters. The number of hydrogen-bond acceptors (Lipinski definition) is 2. The molecule has 0 bridgehead atoms. The van der Waals surface area contributed by atoms with Gasteiger partial charge in [-0.15, -0.1) is 0 Å². The quantitative estimate of drug-likeness (QED) is 0.846. The fourth-order valence-corrected chi connectivity index (χ4v) is 1.92. The molecule has 0 saturated carbocycles. The van der Waals surface area contributed by atoms with Gasteiger partial charge in [0.25, 0.3) is 0 Å². The molecule has 2 rings (SSSR count). The van der Waals surface area contributed by atoms with Gasteiger partial charge in [-0.05, 0) is 29.8 Å². The Morgan fingerprint density at radius 3 is 2.74 bits per heavy atom. The molecule has 0 heterocycles. The van der Waals surface area contributed by atoms with Crippen LogP contribution in [-0.2, 0) is 6.42 Å². The van der Waals surface area contributed by atoms with Gasteiger partial charge in [0.05, 0.1) is 6.61 Å². The molecule has 0 radical (unpaired) electrons. The van der Waals surface area contributed by atoms with Crippen LogP contribution >= 0.6 is 11.6 Å². The third-order valence-electron chi connectivity index (χ3n) is 2.62. The van der Waals surface area contributed by atoms with E-state index in [1.807, 2.05) is 18.2 Å². The zero-order valence-corrected chi connectivity index (χ0v) is 10.8. The Kier molecular flexibility index (Phi) is 4.38. The molecule has 96 valence electrons. The number of nitriles is 1. The lowest BCUT2D eigenvalue weighted by Crippen LogP contribution is -2.03. The molecule has 0 aliphatic rings. The van der Waals surface area contributed by atoms with E-state index < -0.39 is 5.82 Å². The topological polar surface area (TPSA) is 33.0 Å². The lowest BCUT2D eigenvalue weighted by atomic mass is 10.1. The van der Waals surface area contributed by atoms with Crippen LogP contribution in [0, 0.1) is 17.1 Å². The first kappa shape index (κ1) is 13.4. The molecule has 0 saturated heterocycles. The zero-order valence-electron chi connectivity index (χ0n) is 10.1. The SMILES string of the molecule is N#Cc1c(F)cccc1OCCc1cccc(Cl)c1. The van der Waals surface area contributed by atoms with E-state index in [0.29, 0.717) is 18.1 Å². The summed E-state index contributed by atoms with van der Waals surface area (Å²) in [5, 5.41) is 9.53. The average Bonchev–Trinajstić information content (AvgIpc) is 2.39. The molecule has 19 heavy (non-hydrogen) atoms. The highest BCUT2D eigenvalue weighted by Crippen LogP contribution is 2.20.